The maximum Gasteiger partial charge on any atom is 0.352 e. The molecule has 3 N–H and O–H groups in total. The first-order chi connectivity index (χ1) is 11.1. The van der Waals surface area contributed by atoms with Gasteiger partial charge in [-0.3, -0.25) is 14.7 Å². The fraction of sp³-hybridized carbons (Fsp3) is 0.267. The zero-order valence-corrected chi connectivity index (χ0v) is 13.7. The van der Waals surface area contributed by atoms with Crippen LogP contribution >= 0.6 is 23.5 Å². The Labute approximate surface area is 141 Å². The molecule has 1 amide bonds. The monoisotopic (exact) mass is 349 g/mol. The highest BCUT2D eigenvalue weighted by Gasteiger charge is 2.51. The van der Waals surface area contributed by atoms with Crippen molar-refractivity contribution >= 4 is 41.5 Å². The lowest BCUT2D eigenvalue weighted by molar-refractivity contribution is -0.147. The highest BCUT2D eigenvalue weighted by Crippen LogP contribution is 2.41. The fourth-order valence-corrected chi connectivity index (χ4v) is 4.77. The van der Waals surface area contributed by atoms with Crippen molar-refractivity contribution in [2.24, 2.45) is 5.73 Å². The molecule has 1 aromatic rings. The summed E-state index contributed by atoms with van der Waals surface area (Å²) < 4.78 is 0. The van der Waals surface area contributed by atoms with Crippen LogP contribution in [-0.2, 0) is 9.59 Å². The van der Waals surface area contributed by atoms with Crippen molar-refractivity contribution < 1.29 is 14.7 Å². The van der Waals surface area contributed by atoms with Gasteiger partial charge in [0.05, 0.1) is 0 Å². The van der Waals surface area contributed by atoms with E-state index in [2.05, 4.69) is 4.98 Å². The summed E-state index contributed by atoms with van der Waals surface area (Å²) in [7, 11) is 0. The van der Waals surface area contributed by atoms with Crippen LogP contribution in [0.3, 0.4) is 0 Å². The third-order valence-corrected chi connectivity index (χ3v) is 6.05. The Morgan fingerprint density at radius 2 is 2.39 bits per heavy atom. The largest absolute Gasteiger partial charge is 0.477 e. The highest BCUT2D eigenvalue weighted by atomic mass is 32.2. The molecule has 0 saturated carbocycles. The lowest BCUT2D eigenvalue weighted by Crippen LogP contribution is -2.68. The molecule has 23 heavy (non-hydrogen) atoms. The second-order valence-electron chi connectivity index (χ2n) is 5.08. The molecule has 6 nitrogen and oxygen atoms in total. The summed E-state index contributed by atoms with van der Waals surface area (Å²) in [5.41, 5.74) is 6.83. The van der Waals surface area contributed by atoms with Gasteiger partial charge in [-0.05, 0) is 29.2 Å². The molecule has 0 aromatic carbocycles. The smallest absolute Gasteiger partial charge is 0.352 e. The normalized spacial score (nSPS) is 26.7. The third kappa shape index (κ3) is 3.29. The van der Waals surface area contributed by atoms with Gasteiger partial charge in [-0.15, -0.1) is 23.5 Å². The van der Waals surface area contributed by atoms with Crippen LogP contribution in [-0.4, -0.2) is 49.3 Å². The molecule has 3 rings (SSSR count). The number of aliphatic carboxylic acids is 1. The van der Waals surface area contributed by atoms with Gasteiger partial charge in [0.1, 0.15) is 17.1 Å². The molecule has 2 aliphatic heterocycles. The Morgan fingerprint density at radius 1 is 1.57 bits per heavy atom. The van der Waals surface area contributed by atoms with Gasteiger partial charge in [0.2, 0.25) is 5.91 Å². The average Bonchev–Trinajstić information content (AvgIpc) is 2.58. The number of carbonyl (C=O) groups is 2. The number of hydrogen-bond donors (Lipinski definition) is 2. The molecule has 0 spiro atoms. The highest BCUT2D eigenvalue weighted by molar-refractivity contribution is 8.05. The number of nitrogens with two attached hydrogens (primary N) is 1. The zero-order valence-electron chi connectivity index (χ0n) is 12.0. The minimum absolute atomic E-state index is 0.00467. The lowest BCUT2D eigenvalue weighted by atomic mass is 10.1. The maximum atomic E-state index is 11.7. The van der Waals surface area contributed by atoms with Crippen LogP contribution in [0.4, 0.5) is 0 Å². The molecule has 2 aliphatic rings. The first-order valence-electron chi connectivity index (χ1n) is 6.95. The Morgan fingerprint density at radius 3 is 3.09 bits per heavy atom. The number of nitrogens with zero attached hydrogens (tertiary/aromatic N) is 2. The maximum absolute atomic E-state index is 11.7. The van der Waals surface area contributed by atoms with Crippen LogP contribution in [0.15, 0.2) is 41.7 Å². The first kappa shape index (κ1) is 16.1. The second kappa shape index (κ2) is 6.77. The number of aromatic nitrogens is 1. The first-order valence-corrected chi connectivity index (χ1v) is 8.94. The number of carboxylic acids is 1. The lowest BCUT2D eigenvalue weighted by Gasteiger charge is -2.48. The zero-order chi connectivity index (χ0) is 16.4. The van der Waals surface area contributed by atoms with Crippen molar-refractivity contribution in [3.8, 4) is 0 Å². The van der Waals surface area contributed by atoms with E-state index in [4.69, 9.17) is 5.73 Å². The predicted molar refractivity (Wildman–Crippen MR) is 91.4 cm³/mol. The predicted octanol–water partition coefficient (Wildman–Crippen LogP) is 1.36. The topological polar surface area (TPSA) is 96.5 Å². The number of hydrogen-bond acceptors (Lipinski definition) is 6. The number of thioether (sulfide) groups is 2. The molecule has 0 radical (unpaired) electrons. The van der Waals surface area contributed by atoms with E-state index in [1.165, 1.54) is 16.7 Å². The average molecular weight is 349 g/mol. The number of fused-ring (bicyclic) bond motifs is 1. The van der Waals surface area contributed by atoms with E-state index in [1.54, 1.807) is 30.2 Å². The van der Waals surface area contributed by atoms with Gasteiger partial charge in [0, 0.05) is 23.4 Å². The third-order valence-electron chi connectivity index (χ3n) is 3.52. The van der Waals surface area contributed by atoms with E-state index < -0.39 is 12.0 Å². The van der Waals surface area contributed by atoms with Crippen LogP contribution in [0.25, 0.3) is 6.08 Å². The van der Waals surface area contributed by atoms with Gasteiger partial charge in [-0.1, -0.05) is 6.07 Å². The van der Waals surface area contributed by atoms with Crippen LogP contribution in [0.1, 0.15) is 5.56 Å². The SMILES string of the molecule is NC1C(=O)N2C(C(=O)O)=CC(CS/C=C\c3cccnc3)S[C@H]12. The van der Waals surface area contributed by atoms with Crippen molar-refractivity contribution in [3.05, 3.63) is 47.3 Å². The molecule has 0 aliphatic carbocycles. The minimum atomic E-state index is -1.09. The summed E-state index contributed by atoms with van der Waals surface area (Å²) in [4.78, 5) is 28.3. The summed E-state index contributed by atoms with van der Waals surface area (Å²) in [5, 5.41) is 11.0. The van der Waals surface area contributed by atoms with Crippen LogP contribution in [0.2, 0.25) is 0 Å². The minimum Gasteiger partial charge on any atom is -0.477 e. The molecule has 1 aromatic heterocycles. The van der Waals surface area contributed by atoms with Crippen LogP contribution < -0.4 is 5.73 Å². The second-order valence-corrected chi connectivity index (χ2v) is 7.38. The van der Waals surface area contributed by atoms with Crippen molar-refractivity contribution in [3.63, 3.8) is 0 Å². The van der Waals surface area contributed by atoms with E-state index in [9.17, 15) is 14.7 Å². The van der Waals surface area contributed by atoms with E-state index in [0.717, 1.165) is 5.56 Å². The molecular weight excluding hydrogens is 334 g/mol. The summed E-state index contributed by atoms with van der Waals surface area (Å²) in [6.45, 7) is 0. The van der Waals surface area contributed by atoms with Gasteiger partial charge in [0.15, 0.2) is 0 Å². The number of β-lactam (4-membered cyclic amide) rings is 1. The van der Waals surface area contributed by atoms with Crippen molar-refractivity contribution in [1.29, 1.82) is 0 Å². The van der Waals surface area contributed by atoms with Gasteiger partial charge in [0.25, 0.3) is 0 Å². The van der Waals surface area contributed by atoms with Crippen LogP contribution in [0, 0.1) is 0 Å². The van der Waals surface area contributed by atoms with Gasteiger partial charge >= 0.3 is 5.97 Å². The van der Waals surface area contributed by atoms with E-state index in [1.807, 2.05) is 23.6 Å². The molecule has 3 atom stereocenters. The molecule has 120 valence electrons. The Balaban J connectivity index is 1.62. The quantitative estimate of drug-likeness (QED) is 0.775. The Hall–Kier alpha value is -1.77. The molecule has 1 fully saturated rings. The Kier molecular flexibility index (Phi) is 4.74. The van der Waals surface area contributed by atoms with E-state index in [-0.39, 0.29) is 22.2 Å². The summed E-state index contributed by atoms with van der Waals surface area (Å²) in [6, 6.07) is 3.22. The summed E-state index contributed by atoms with van der Waals surface area (Å²) in [5.74, 6) is -0.695. The van der Waals surface area contributed by atoms with Crippen molar-refractivity contribution in [1.82, 2.24) is 9.88 Å². The van der Waals surface area contributed by atoms with Gasteiger partial charge < -0.3 is 10.8 Å². The van der Waals surface area contributed by atoms with Gasteiger partial charge in [-0.25, -0.2) is 4.79 Å². The molecular formula is C15H15N3O3S2. The molecule has 8 heteroatoms. The van der Waals surface area contributed by atoms with E-state index in [0.29, 0.717) is 5.75 Å². The number of carbonyl (C=O) groups excluding carboxylic acids is 1. The van der Waals surface area contributed by atoms with Crippen molar-refractivity contribution in [2.45, 2.75) is 16.7 Å². The van der Waals surface area contributed by atoms with Gasteiger partial charge in [-0.2, -0.15) is 0 Å². The van der Waals surface area contributed by atoms with Crippen LogP contribution in [0.5, 0.6) is 0 Å². The number of rotatable bonds is 5. The number of pyridine rings is 1. The number of amides is 1. The van der Waals surface area contributed by atoms with Crippen molar-refractivity contribution in [2.75, 3.05) is 5.75 Å². The summed E-state index contributed by atoms with van der Waals surface area (Å²) in [6.07, 6.45) is 7.08. The molecule has 2 unspecified atom stereocenters. The number of carboxylic acid groups (broad SMARTS) is 1. The molecule has 3 heterocycles. The summed E-state index contributed by atoms with van der Waals surface area (Å²) >= 11 is 3.12. The van der Waals surface area contributed by atoms with E-state index >= 15 is 0 Å². The molecule has 0 bridgehead atoms. The standard InChI is InChI=1S/C15H15N3O3S2/c16-12-13(19)18-11(15(20)21)6-10(23-14(12)18)8-22-5-3-9-2-1-4-17-7-9/h1-7,10,12,14H,8,16H2,(H,20,21)/b5-3-/t10?,12?,14-/m1/s1. The fourth-order valence-electron chi connectivity index (χ4n) is 2.38. The Bertz CT molecular complexity index is 678. The molecule has 1 saturated heterocycles.